The average molecular weight is 425 g/mol. The Morgan fingerprint density at radius 2 is 1.61 bits per heavy atom. The predicted octanol–water partition coefficient (Wildman–Crippen LogP) is 4.73. The molecule has 0 bridgehead atoms. The van der Waals surface area contributed by atoms with E-state index in [1.807, 2.05) is 0 Å². The van der Waals surface area contributed by atoms with Crippen LogP contribution in [0.3, 0.4) is 0 Å². The van der Waals surface area contributed by atoms with Gasteiger partial charge in [0.15, 0.2) is 6.23 Å². The Bertz CT molecular complexity index is 831. The molecule has 1 heterocycles. The fraction of sp³-hybridized carbons (Fsp3) is 0.294. The number of esters is 1. The van der Waals surface area contributed by atoms with Gasteiger partial charge in [-0.05, 0) is 19.2 Å². The lowest BCUT2D eigenvalue weighted by atomic mass is 10.2. The number of ketones is 1. The monoisotopic (exact) mass is 425 g/mol. The lowest BCUT2D eigenvalue weighted by Gasteiger charge is -2.28. The van der Waals surface area contributed by atoms with Crippen molar-refractivity contribution >= 4 is 23.1 Å². The number of Topliss-reactive ketones (excluding diaryl/α,β-unsaturated/α-hetero) is 1. The maximum atomic E-state index is 12.6. The molecule has 4 nitrogen and oxygen atoms in total. The molecule has 0 aliphatic heterocycles. The Labute approximate surface area is 159 Å². The van der Waals surface area contributed by atoms with Crippen LogP contribution in [-0.2, 0) is 16.1 Å². The largest absolute Gasteiger partial charge is 0.490 e. The van der Waals surface area contributed by atoms with E-state index in [9.17, 15) is 35.9 Å². The third-order valence-corrected chi connectivity index (χ3v) is 4.55. The number of alkyl halides is 6. The normalized spacial score (nSPS) is 13.4. The molecule has 28 heavy (non-hydrogen) atoms. The topological polar surface area (TPSA) is 46.6 Å². The van der Waals surface area contributed by atoms with Crippen LogP contribution in [-0.4, -0.2) is 36.1 Å². The van der Waals surface area contributed by atoms with Crippen molar-refractivity contribution in [3.05, 3.63) is 57.8 Å². The lowest BCUT2D eigenvalue weighted by molar-refractivity contribution is -0.213. The van der Waals surface area contributed by atoms with Gasteiger partial charge in [0.1, 0.15) is 0 Å². The highest BCUT2D eigenvalue weighted by molar-refractivity contribution is 7.14. The van der Waals surface area contributed by atoms with Crippen molar-refractivity contribution in [2.24, 2.45) is 0 Å². The number of benzene rings is 1. The molecule has 152 valence electrons. The highest BCUT2D eigenvalue weighted by Gasteiger charge is 2.43. The zero-order chi connectivity index (χ0) is 21.1. The van der Waals surface area contributed by atoms with Crippen LogP contribution in [0, 0.1) is 0 Å². The molecule has 0 amide bonds. The summed E-state index contributed by atoms with van der Waals surface area (Å²) in [4.78, 5) is 23.5. The van der Waals surface area contributed by atoms with Crippen molar-refractivity contribution in [2.45, 2.75) is 25.1 Å². The molecule has 0 aliphatic rings. The number of hydrogen-bond acceptors (Lipinski definition) is 5. The lowest BCUT2D eigenvalue weighted by Crippen LogP contribution is -2.33. The number of nitrogens with zero attached hydrogens (tertiary/aromatic N) is 1. The van der Waals surface area contributed by atoms with Crippen molar-refractivity contribution in [1.82, 2.24) is 4.90 Å². The van der Waals surface area contributed by atoms with Crippen LogP contribution in [0.15, 0.2) is 42.5 Å². The van der Waals surface area contributed by atoms with Crippen molar-refractivity contribution in [3.8, 4) is 0 Å². The maximum Gasteiger partial charge on any atom is 0.490 e. The molecule has 1 aromatic carbocycles. The molecule has 0 saturated carbocycles. The molecule has 0 saturated heterocycles. The van der Waals surface area contributed by atoms with E-state index in [0.717, 1.165) is 6.07 Å². The zero-order valence-corrected chi connectivity index (χ0v) is 15.0. The molecule has 1 aromatic heterocycles. The fourth-order valence-electron chi connectivity index (χ4n) is 2.25. The molecular formula is C17H13F6NO3S. The number of carbonyl (C=O) groups excluding carboxylic acids is 2. The van der Waals surface area contributed by atoms with E-state index >= 15 is 0 Å². The molecule has 1 atom stereocenters. The van der Waals surface area contributed by atoms with Crippen LogP contribution in [0.25, 0.3) is 0 Å². The SMILES string of the molecule is CN(Cc1ccc(C(=O)C(F)(F)F)s1)C(OC(=O)C(F)(F)F)c1ccccc1. The van der Waals surface area contributed by atoms with Gasteiger partial charge in [-0.15, -0.1) is 11.3 Å². The fourth-order valence-corrected chi connectivity index (χ4v) is 3.28. The van der Waals surface area contributed by atoms with E-state index in [2.05, 4.69) is 4.74 Å². The summed E-state index contributed by atoms with van der Waals surface area (Å²) in [6.07, 6.45) is -11.7. The van der Waals surface area contributed by atoms with Crippen molar-refractivity contribution in [2.75, 3.05) is 7.05 Å². The first-order valence-electron chi connectivity index (χ1n) is 7.63. The number of hydrogen-bond donors (Lipinski definition) is 0. The van der Waals surface area contributed by atoms with Gasteiger partial charge < -0.3 is 4.74 Å². The van der Waals surface area contributed by atoms with Crippen LogP contribution in [0.5, 0.6) is 0 Å². The van der Waals surface area contributed by atoms with Crippen molar-refractivity contribution in [3.63, 3.8) is 0 Å². The Kier molecular flexibility index (Phi) is 6.50. The van der Waals surface area contributed by atoms with Crippen molar-refractivity contribution < 1.29 is 40.7 Å². The molecule has 2 rings (SSSR count). The summed E-state index contributed by atoms with van der Waals surface area (Å²) in [5.41, 5.74) is 0.241. The summed E-state index contributed by atoms with van der Waals surface area (Å²) in [6, 6.07) is 9.80. The van der Waals surface area contributed by atoms with E-state index in [-0.39, 0.29) is 17.0 Å². The van der Waals surface area contributed by atoms with Gasteiger partial charge in [0.25, 0.3) is 5.78 Å². The molecular weight excluding hydrogens is 412 g/mol. The minimum absolute atomic E-state index is 0.152. The van der Waals surface area contributed by atoms with Crippen LogP contribution in [0.4, 0.5) is 26.3 Å². The first-order valence-corrected chi connectivity index (χ1v) is 8.44. The first-order chi connectivity index (χ1) is 12.9. The van der Waals surface area contributed by atoms with E-state index < -0.39 is 35.2 Å². The Morgan fingerprint density at radius 1 is 1.00 bits per heavy atom. The predicted molar refractivity (Wildman–Crippen MR) is 87.5 cm³/mol. The van der Waals surface area contributed by atoms with Gasteiger partial charge >= 0.3 is 18.3 Å². The van der Waals surface area contributed by atoms with Gasteiger partial charge in [0.05, 0.1) is 4.88 Å². The smallest absolute Gasteiger partial charge is 0.435 e. The van der Waals surface area contributed by atoms with E-state index in [1.54, 1.807) is 6.07 Å². The highest BCUT2D eigenvalue weighted by Crippen LogP contribution is 2.30. The minimum atomic E-state index is -5.21. The number of ether oxygens (including phenoxy) is 1. The summed E-state index contributed by atoms with van der Waals surface area (Å²) in [7, 11) is 1.34. The summed E-state index contributed by atoms with van der Waals surface area (Å²) in [5.74, 6) is -4.40. The number of halogens is 6. The second-order valence-electron chi connectivity index (χ2n) is 5.67. The van der Waals surface area contributed by atoms with E-state index in [0.29, 0.717) is 11.3 Å². The molecule has 0 radical (unpaired) electrons. The molecule has 0 aliphatic carbocycles. The summed E-state index contributed by atoms with van der Waals surface area (Å²) >= 11 is 0.559. The quantitative estimate of drug-likeness (QED) is 0.291. The number of rotatable bonds is 6. The van der Waals surface area contributed by atoms with Crippen LogP contribution >= 0.6 is 11.3 Å². The average Bonchev–Trinajstić information content (AvgIpc) is 3.05. The summed E-state index contributed by atoms with van der Waals surface area (Å²) in [5, 5.41) is 0. The molecule has 2 aromatic rings. The molecule has 0 N–H and O–H groups in total. The third kappa shape index (κ3) is 5.55. The Balaban J connectivity index is 2.21. The Hall–Kier alpha value is -2.40. The minimum Gasteiger partial charge on any atom is -0.435 e. The molecule has 1 unspecified atom stereocenters. The van der Waals surface area contributed by atoms with Gasteiger partial charge in [-0.25, -0.2) is 4.79 Å². The van der Waals surface area contributed by atoms with E-state index in [1.165, 1.54) is 42.3 Å². The molecule has 0 fully saturated rings. The second-order valence-corrected chi connectivity index (χ2v) is 6.84. The molecule has 0 spiro atoms. The second kappa shape index (κ2) is 8.31. The van der Waals surface area contributed by atoms with Gasteiger partial charge in [0, 0.05) is 17.0 Å². The van der Waals surface area contributed by atoms with Crippen LogP contribution in [0.2, 0.25) is 0 Å². The molecule has 11 heteroatoms. The van der Waals surface area contributed by atoms with Gasteiger partial charge in [-0.1, -0.05) is 30.3 Å². The maximum absolute atomic E-state index is 12.6. The van der Waals surface area contributed by atoms with Crippen molar-refractivity contribution in [1.29, 1.82) is 0 Å². The number of thiophene rings is 1. The number of carbonyl (C=O) groups is 2. The Morgan fingerprint density at radius 3 is 2.14 bits per heavy atom. The first kappa shape index (κ1) is 21.9. The van der Waals surface area contributed by atoms with Gasteiger partial charge in [-0.2, -0.15) is 26.3 Å². The summed E-state index contributed by atoms with van der Waals surface area (Å²) in [6.45, 7) is -0.152. The van der Waals surface area contributed by atoms with Gasteiger partial charge in [-0.3, -0.25) is 9.69 Å². The highest BCUT2D eigenvalue weighted by atomic mass is 32.1. The third-order valence-electron chi connectivity index (χ3n) is 3.48. The zero-order valence-electron chi connectivity index (χ0n) is 14.2. The van der Waals surface area contributed by atoms with E-state index in [4.69, 9.17) is 0 Å². The summed E-state index contributed by atoms with van der Waals surface area (Å²) < 4.78 is 79.8. The van der Waals surface area contributed by atoms with Crippen LogP contribution in [0.1, 0.15) is 26.3 Å². The standard InChI is InChI=1S/C17H13F6NO3S/c1-24(9-11-7-8-12(28-11)13(25)16(18,19)20)14(10-5-3-2-4-6-10)27-15(26)17(21,22)23/h2-8,14H,9H2,1H3. The van der Waals surface area contributed by atoms with Crippen LogP contribution < -0.4 is 0 Å². The van der Waals surface area contributed by atoms with Gasteiger partial charge in [0.2, 0.25) is 0 Å².